The van der Waals surface area contributed by atoms with E-state index < -0.39 is 0 Å². The maximum atomic E-state index is 3.80. The van der Waals surface area contributed by atoms with Crippen molar-refractivity contribution in [1.82, 2.24) is 4.98 Å². The Balaban J connectivity index is 3.75. The Morgan fingerprint density at radius 1 is 1.06 bits per heavy atom. The summed E-state index contributed by atoms with van der Waals surface area (Å²) >= 11 is 0. The molecule has 1 aromatic rings. The molecular weight excluding hydrogens is 194 g/mol. The van der Waals surface area contributed by atoms with E-state index in [-0.39, 0.29) is 0 Å². The molecule has 0 aliphatic carbocycles. The lowest BCUT2D eigenvalue weighted by Gasteiger charge is -1.90. The van der Waals surface area contributed by atoms with E-state index in [0.717, 1.165) is 21.8 Å². The molecule has 0 bridgehead atoms. The van der Waals surface area contributed by atoms with E-state index in [9.17, 15) is 0 Å². The van der Waals surface area contributed by atoms with E-state index >= 15 is 0 Å². The first-order valence-electron chi connectivity index (χ1n) is 5.21. The van der Waals surface area contributed by atoms with Crippen LogP contribution in [0.2, 0.25) is 0 Å². The Kier molecular flexibility index (Phi) is 4.34. The summed E-state index contributed by atoms with van der Waals surface area (Å²) in [6.45, 7) is 13.2. The van der Waals surface area contributed by atoms with E-state index in [4.69, 9.17) is 0 Å². The number of aromatic amines is 1. The van der Waals surface area contributed by atoms with Gasteiger partial charge in [0.2, 0.25) is 0 Å². The van der Waals surface area contributed by atoms with Crippen LogP contribution in [0.1, 0.15) is 18.2 Å². The van der Waals surface area contributed by atoms with Crippen molar-refractivity contribution in [3.63, 3.8) is 0 Å². The quantitative estimate of drug-likeness (QED) is 0.788. The maximum absolute atomic E-state index is 3.80. The fraction of sp³-hybridized carbons (Fsp3) is 0.0667. The predicted octanol–water partition coefficient (Wildman–Crippen LogP) is 2.62. The first-order chi connectivity index (χ1) is 7.78. The maximum Gasteiger partial charge on any atom is 0.0464 e. The van der Waals surface area contributed by atoms with Gasteiger partial charge in [-0.15, -0.1) is 0 Å². The van der Waals surface area contributed by atoms with Gasteiger partial charge in [-0.3, -0.25) is 0 Å². The Morgan fingerprint density at radius 3 is 2.25 bits per heavy atom. The molecule has 0 aliphatic heterocycles. The number of rotatable bonds is 4. The van der Waals surface area contributed by atoms with Gasteiger partial charge in [-0.1, -0.05) is 50.1 Å². The first-order valence-corrected chi connectivity index (χ1v) is 5.21. The molecule has 1 heteroatoms. The first kappa shape index (κ1) is 12.1. The van der Waals surface area contributed by atoms with Crippen molar-refractivity contribution in [2.75, 3.05) is 0 Å². The van der Waals surface area contributed by atoms with Gasteiger partial charge in [-0.2, -0.15) is 0 Å². The summed E-state index contributed by atoms with van der Waals surface area (Å²) < 4.78 is 0. The minimum absolute atomic E-state index is 1.01. The lowest BCUT2D eigenvalue weighted by atomic mass is 10.1. The van der Waals surface area contributed by atoms with Crippen LogP contribution in [0, 0.1) is 0 Å². The van der Waals surface area contributed by atoms with E-state index in [1.807, 2.05) is 31.2 Å². The molecule has 0 aromatic carbocycles. The van der Waals surface area contributed by atoms with Gasteiger partial charge in [-0.25, -0.2) is 0 Å². The van der Waals surface area contributed by atoms with Crippen LogP contribution in [-0.2, 0) is 0 Å². The van der Waals surface area contributed by atoms with Crippen LogP contribution in [0.15, 0.2) is 38.0 Å². The Bertz CT molecular complexity index is 539. The third-order valence-electron chi connectivity index (χ3n) is 2.25. The Hall–Kier alpha value is -2.02. The lowest BCUT2D eigenvalue weighted by Crippen LogP contribution is -2.23. The highest BCUT2D eigenvalue weighted by molar-refractivity contribution is 5.65. The number of hydrogen-bond donors (Lipinski definition) is 1. The van der Waals surface area contributed by atoms with Crippen molar-refractivity contribution >= 4 is 24.3 Å². The number of nitrogens with one attached hydrogen (secondary N) is 1. The zero-order valence-electron chi connectivity index (χ0n) is 9.66. The Morgan fingerprint density at radius 2 is 1.75 bits per heavy atom. The minimum atomic E-state index is 1.01. The fourth-order valence-corrected chi connectivity index (χ4v) is 1.62. The van der Waals surface area contributed by atoms with Gasteiger partial charge in [0.1, 0.15) is 0 Å². The minimum Gasteiger partial charge on any atom is -0.355 e. The summed E-state index contributed by atoms with van der Waals surface area (Å²) in [4.78, 5) is 3.30. The second-order valence-electron chi connectivity index (χ2n) is 3.29. The van der Waals surface area contributed by atoms with E-state index in [1.54, 1.807) is 12.2 Å². The standard InChI is InChI=1S/C15H17N/c1-5-9-12-13(10-6-2)15(11-7-3)16-14(12)8-4/h5-11,16H,2-4H2,1H3/b9-5-,13-10-,15-11+. The van der Waals surface area contributed by atoms with Crippen LogP contribution in [0.3, 0.4) is 0 Å². The molecule has 1 nitrogen and oxygen atoms in total. The van der Waals surface area contributed by atoms with Gasteiger partial charge < -0.3 is 4.98 Å². The van der Waals surface area contributed by atoms with Crippen LogP contribution in [0.25, 0.3) is 24.3 Å². The van der Waals surface area contributed by atoms with Crippen LogP contribution < -0.4 is 10.6 Å². The number of H-pyrrole nitrogens is 1. The van der Waals surface area contributed by atoms with Gasteiger partial charge in [-0.05, 0) is 19.1 Å². The molecule has 82 valence electrons. The molecule has 0 spiro atoms. The smallest absolute Gasteiger partial charge is 0.0464 e. The monoisotopic (exact) mass is 211 g/mol. The van der Waals surface area contributed by atoms with E-state index in [2.05, 4.69) is 30.8 Å². The Labute approximate surface area is 96.5 Å². The van der Waals surface area contributed by atoms with Crippen molar-refractivity contribution in [2.45, 2.75) is 6.92 Å². The summed E-state index contributed by atoms with van der Waals surface area (Å²) in [6, 6.07) is 0. The summed E-state index contributed by atoms with van der Waals surface area (Å²) in [5, 5.41) is 2.14. The topological polar surface area (TPSA) is 15.8 Å². The number of aromatic nitrogens is 1. The SMILES string of the molecule is C=C/C=c1/c(/C=C\C)c(C=C)[nH]/c1=C/C=C. The van der Waals surface area contributed by atoms with Crippen molar-refractivity contribution in [3.05, 3.63) is 59.8 Å². The highest BCUT2D eigenvalue weighted by Gasteiger charge is 2.01. The highest BCUT2D eigenvalue weighted by atomic mass is 14.7. The molecule has 0 aliphatic rings. The third kappa shape index (κ3) is 2.31. The molecular formula is C15H17N. The second-order valence-corrected chi connectivity index (χ2v) is 3.29. The summed E-state index contributed by atoms with van der Waals surface area (Å²) in [7, 11) is 0. The molecule has 0 atom stereocenters. The normalized spacial score (nSPS) is 13.3. The number of hydrogen-bond acceptors (Lipinski definition) is 0. The van der Waals surface area contributed by atoms with Gasteiger partial charge in [0.15, 0.2) is 0 Å². The molecule has 0 amide bonds. The lowest BCUT2D eigenvalue weighted by molar-refractivity contribution is 1.30. The average Bonchev–Trinajstić information content (AvgIpc) is 2.60. The molecule has 0 fully saturated rings. The van der Waals surface area contributed by atoms with Gasteiger partial charge in [0, 0.05) is 21.8 Å². The van der Waals surface area contributed by atoms with Crippen LogP contribution in [0.4, 0.5) is 0 Å². The molecule has 16 heavy (non-hydrogen) atoms. The molecule has 0 unspecified atom stereocenters. The molecule has 0 saturated heterocycles. The highest BCUT2D eigenvalue weighted by Crippen LogP contribution is 2.03. The molecule has 0 saturated carbocycles. The van der Waals surface area contributed by atoms with Crippen molar-refractivity contribution < 1.29 is 0 Å². The zero-order chi connectivity index (χ0) is 12.0. The van der Waals surface area contributed by atoms with Crippen LogP contribution in [-0.4, -0.2) is 4.98 Å². The molecule has 1 aromatic heterocycles. The van der Waals surface area contributed by atoms with Gasteiger partial charge >= 0.3 is 0 Å². The number of allylic oxidation sites excluding steroid dienone is 3. The van der Waals surface area contributed by atoms with Gasteiger partial charge in [0.05, 0.1) is 0 Å². The van der Waals surface area contributed by atoms with Crippen LogP contribution in [0.5, 0.6) is 0 Å². The zero-order valence-corrected chi connectivity index (χ0v) is 9.66. The summed E-state index contributed by atoms with van der Waals surface area (Å²) in [6.07, 6.45) is 13.3. The van der Waals surface area contributed by atoms with Crippen molar-refractivity contribution in [1.29, 1.82) is 0 Å². The van der Waals surface area contributed by atoms with Crippen molar-refractivity contribution in [2.24, 2.45) is 0 Å². The molecule has 0 radical (unpaired) electrons. The van der Waals surface area contributed by atoms with Gasteiger partial charge in [0.25, 0.3) is 0 Å². The van der Waals surface area contributed by atoms with E-state index in [1.165, 1.54) is 0 Å². The summed E-state index contributed by atoms with van der Waals surface area (Å²) in [5.74, 6) is 0. The molecule has 1 rings (SSSR count). The third-order valence-corrected chi connectivity index (χ3v) is 2.25. The summed E-state index contributed by atoms with van der Waals surface area (Å²) in [5.41, 5.74) is 2.14. The second kappa shape index (κ2) is 5.76. The van der Waals surface area contributed by atoms with Crippen molar-refractivity contribution in [3.8, 4) is 0 Å². The van der Waals surface area contributed by atoms with Crippen LogP contribution >= 0.6 is 0 Å². The van der Waals surface area contributed by atoms with E-state index in [0.29, 0.717) is 0 Å². The predicted molar refractivity (Wildman–Crippen MR) is 74.2 cm³/mol. The molecule has 1 N–H and O–H groups in total. The fourth-order valence-electron chi connectivity index (χ4n) is 1.62. The average molecular weight is 211 g/mol. The largest absolute Gasteiger partial charge is 0.355 e. The molecule has 1 heterocycles.